The van der Waals surface area contributed by atoms with Crippen LogP contribution in [0.4, 0.5) is 0 Å². The summed E-state index contributed by atoms with van der Waals surface area (Å²) in [7, 11) is 0. The van der Waals surface area contributed by atoms with E-state index in [0.717, 1.165) is 33.3 Å². The number of amides is 2. The fourth-order valence-corrected chi connectivity index (χ4v) is 4.14. The molecule has 5 rings (SSSR count). The summed E-state index contributed by atoms with van der Waals surface area (Å²) in [6, 6.07) is 33.6. The number of nitrogens with zero attached hydrogens (tertiary/aromatic N) is 3. The van der Waals surface area contributed by atoms with Gasteiger partial charge < -0.3 is 10.2 Å². The van der Waals surface area contributed by atoms with E-state index in [2.05, 4.69) is 34.6 Å². The van der Waals surface area contributed by atoms with E-state index in [1.807, 2.05) is 66.7 Å². The Labute approximate surface area is 215 Å². The van der Waals surface area contributed by atoms with E-state index < -0.39 is 0 Å². The number of aromatic nitrogens is 2. The molecule has 0 fully saturated rings. The second kappa shape index (κ2) is 11.3. The Morgan fingerprint density at radius 2 is 1.49 bits per heavy atom. The highest BCUT2D eigenvalue weighted by molar-refractivity contribution is 5.96. The number of hydrogen-bond donors (Lipinski definition) is 1. The highest BCUT2D eigenvalue weighted by Crippen LogP contribution is 2.20. The van der Waals surface area contributed by atoms with Gasteiger partial charge in [-0.05, 0) is 41.0 Å². The molecule has 6 heteroatoms. The van der Waals surface area contributed by atoms with Crippen LogP contribution in [0.2, 0.25) is 0 Å². The van der Waals surface area contributed by atoms with E-state index in [4.69, 9.17) is 4.98 Å². The molecular formula is C31H26N4O2. The SMILES string of the molecule is O=C(NCC(=O)N(Cc1ccc(-c2ccccc2)cc1)Cc1ccc2ccccc2n1)c1cccnc1. The molecule has 0 aliphatic carbocycles. The number of carbonyl (C=O) groups is 2. The van der Waals surface area contributed by atoms with Gasteiger partial charge in [0, 0.05) is 24.3 Å². The van der Waals surface area contributed by atoms with Gasteiger partial charge >= 0.3 is 0 Å². The molecule has 0 saturated carbocycles. The van der Waals surface area contributed by atoms with Crippen molar-refractivity contribution in [3.8, 4) is 11.1 Å². The van der Waals surface area contributed by atoms with Crippen LogP contribution < -0.4 is 5.32 Å². The summed E-state index contributed by atoms with van der Waals surface area (Å²) in [6.45, 7) is 0.599. The number of nitrogens with one attached hydrogen (secondary N) is 1. The van der Waals surface area contributed by atoms with Gasteiger partial charge in [0.25, 0.3) is 5.91 Å². The first kappa shape index (κ1) is 23.9. The van der Waals surface area contributed by atoms with Crippen molar-refractivity contribution in [1.29, 1.82) is 0 Å². The van der Waals surface area contributed by atoms with E-state index in [1.165, 1.54) is 6.20 Å². The number of fused-ring (bicyclic) bond motifs is 1. The normalized spacial score (nSPS) is 10.7. The number of benzene rings is 3. The maximum absolute atomic E-state index is 13.3. The van der Waals surface area contributed by atoms with Crippen LogP contribution in [0, 0.1) is 0 Å². The van der Waals surface area contributed by atoms with Crippen molar-refractivity contribution in [3.05, 3.63) is 132 Å². The molecular weight excluding hydrogens is 460 g/mol. The van der Waals surface area contributed by atoms with Crippen molar-refractivity contribution < 1.29 is 9.59 Å². The third kappa shape index (κ3) is 6.05. The van der Waals surface area contributed by atoms with E-state index in [-0.39, 0.29) is 18.4 Å². The summed E-state index contributed by atoms with van der Waals surface area (Å²) in [4.78, 5) is 36.2. The topological polar surface area (TPSA) is 75.2 Å². The maximum Gasteiger partial charge on any atom is 0.253 e. The first-order chi connectivity index (χ1) is 18.2. The molecule has 0 unspecified atom stereocenters. The molecule has 5 aromatic rings. The van der Waals surface area contributed by atoms with Crippen LogP contribution in [-0.4, -0.2) is 33.2 Å². The Morgan fingerprint density at radius 1 is 0.730 bits per heavy atom. The van der Waals surface area contributed by atoms with Gasteiger partial charge in [-0.3, -0.25) is 19.6 Å². The smallest absolute Gasteiger partial charge is 0.253 e. The van der Waals surface area contributed by atoms with E-state index >= 15 is 0 Å². The Morgan fingerprint density at radius 3 is 2.27 bits per heavy atom. The standard InChI is InChI=1S/C31H26N4O2/c36-30(20-33-31(37)27-10-6-18-32-19-27)35(22-28-17-16-26-9-4-5-11-29(26)34-28)21-23-12-14-25(15-13-23)24-7-2-1-3-8-24/h1-19H,20-22H2,(H,33,37). The van der Waals surface area contributed by atoms with Crippen LogP contribution in [0.3, 0.4) is 0 Å². The molecule has 37 heavy (non-hydrogen) atoms. The van der Waals surface area contributed by atoms with Gasteiger partial charge in [0.05, 0.1) is 29.9 Å². The van der Waals surface area contributed by atoms with E-state index in [9.17, 15) is 9.59 Å². The lowest BCUT2D eigenvalue weighted by Crippen LogP contribution is -2.39. The summed E-state index contributed by atoms with van der Waals surface area (Å²) in [5.41, 5.74) is 5.32. The maximum atomic E-state index is 13.3. The number of carbonyl (C=O) groups excluding carboxylic acids is 2. The molecule has 2 aromatic heterocycles. The molecule has 182 valence electrons. The largest absolute Gasteiger partial charge is 0.343 e. The molecule has 2 heterocycles. The number of hydrogen-bond acceptors (Lipinski definition) is 4. The second-order valence-corrected chi connectivity index (χ2v) is 8.73. The van der Waals surface area contributed by atoms with E-state index in [1.54, 1.807) is 23.2 Å². The lowest BCUT2D eigenvalue weighted by atomic mass is 10.0. The van der Waals surface area contributed by atoms with E-state index in [0.29, 0.717) is 18.7 Å². The van der Waals surface area contributed by atoms with Crippen LogP contribution in [-0.2, 0) is 17.9 Å². The monoisotopic (exact) mass is 486 g/mol. The molecule has 2 amide bonds. The van der Waals surface area contributed by atoms with Gasteiger partial charge in [-0.2, -0.15) is 0 Å². The lowest BCUT2D eigenvalue weighted by Gasteiger charge is -2.23. The predicted molar refractivity (Wildman–Crippen MR) is 144 cm³/mol. The first-order valence-electron chi connectivity index (χ1n) is 12.1. The highest BCUT2D eigenvalue weighted by atomic mass is 16.2. The van der Waals surface area contributed by atoms with Crippen LogP contribution in [0.5, 0.6) is 0 Å². The summed E-state index contributed by atoms with van der Waals surface area (Å²) in [5, 5.41) is 3.77. The van der Waals surface area contributed by atoms with Crippen molar-refractivity contribution in [1.82, 2.24) is 20.2 Å². The van der Waals surface area contributed by atoms with Crippen LogP contribution in [0.15, 0.2) is 116 Å². The fourth-order valence-electron chi connectivity index (χ4n) is 4.14. The Kier molecular flexibility index (Phi) is 7.27. The molecule has 0 radical (unpaired) electrons. The summed E-state index contributed by atoms with van der Waals surface area (Å²) in [5.74, 6) is -0.531. The molecule has 0 aliphatic heterocycles. The van der Waals surface area contributed by atoms with Crippen LogP contribution in [0.25, 0.3) is 22.0 Å². The summed E-state index contributed by atoms with van der Waals surface area (Å²) >= 11 is 0. The first-order valence-corrected chi connectivity index (χ1v) is 12.1. The van der Waals surface area contributed by atoms with Gasteiger partial charge in [0.1, 0.15) is 0 Å². The lowest BCUT2D eigenvalue weighted by molar-refractivity contribution is -0.131. The minimum absolute atomic E-state index is 0.122. The summed E-state index contributed by atoms with van der Waals surface area (Å²) < 4.78 is 0. The van der Waals surface area contributed by atoms with Gasteiger partial charge in [0.2, 0.25) is 5.91 Å². The van der Waals surface area contributed by atoms with Crippen molar-refractivity contribution in [3.63, 3.8) is 0 Å². The number of rotatable bonds is 8. The third-order valence-electron chi connectivity index (χ3n) is 6.12. The minimum atomic E-state index is -0.336. The molecule has 3 aromatic carbocycles. The third-order valence-corrected chi connectivity index (χ3v) is 6.12. The van der Waals surface area contributed by atoms with Crippen LogP contribution >= 0.6 is 0 Å². The van der Waals surface area contributed by atoms with Crippen molar-refractivity contribution in [2.75, 3.05) is 6.54 Å². The van der Waals surface area contributed by atoms with Crippen molar-refractivity contribution in [2.45, 2.75) is 13.1 Å². The zero-order chi connectivity index (χ0) is 25.5. The fraction of sp³-hybridized carbons (Fsp3) is 0.0968. The molecule has 0 saturated heterocycles. The second-order valence-electron chi connectivity index (χ2n) is 8.73. The van der Waals surface area contributed by atoms with Crippen molar-refractivity contribution >= 4 is 22.7 Å². The molecule has 6 nitrogen and oxygen atoms in total. The minimum Gasteiger partial charge on any atom is -0.343 e. The van der Waals surface area contributed by atoms with Gasteiger partial charge in [-0.1, -0.05) is 78.9 Å². The van der Waals surface area contributed by atoms with Gasteiger partial charge in [-0.15, -0.1) is 0 Å². The van der Waals surface area contributed by atoms with Gasteiger partial charge in [-0.25, -0.2) is 0 Å². The molecule has 1 N–H and O–H groups in total. The molecule has 0 aliphatic rings. The summed E-state index contributed by atoms with van der Waals surface area (Å²) in [6.07, 6.45) is 3.08. The zero-order valence-electron chi connectivity index (χ0n) is 20.2. The Bertz CT molecular complexity index is 1500. The molecule has 0 atom stereocenters. The average Bonchev–Trinajstić information content (AvgIpc) is 2.96. The zero-order valence-corrected chi connectivity index (χ0v) is 20.2. The highest BCUT2D eigenvalue weighted by Gasteiger charge is 2.17. The number of para-hydroxylation sites is 1. The Hall–Kier alpha value is -4.84. The average molecular weight is 487 g/mol. The van der Waals surface area contributed by atoms with Crippen molar-refractivity contribution in [2.24, 2.45) is 0 Å². The van der Waals surface area contributed by atoms with Crippen LogP contribution in [0.1, 0.15) is 21.6 Å². The number of pyridine rings is 2. The quantitative estimate of drug-likeness (QED) is 0.325. The molecule has 0 spiro atoms. The molecule has 0 bridgehead atoms. The predicted octanol–water partition coefficient (Wildman–Crippen LogP) is 5.26. The Balaban J connectivity index is 1.34. The van der Waals surface area contributed by atoms with Gasteiger partial charge in [0.15, 0.2) is 0 Å².